The Bertz CT molecular complexity index is 484. The summed E-state index contributed by atoms with van der Waals surface area (Å²) >= 11 is 0. The average Bonchev–Trinajstić information content (AvgIpc) is 2.47. The van der Waals surface area contributed by atoms with Crippen LogP contribution in [0.4, 0.5) is 0 Å². The highest BCUT2D eigenvalue weighted by Gasteiger charge is 2.22. The van der Waals surface area contributed by atoms with Crippen LogP contribution in [0.25, 0.3) is 0 Å². The van der Waals surface area contributed by atoms with E-state index in [0.717, 1.165) is 24.8 Å². The molecule has 0 heterocycles. The largest absolute Gasteiger partial charge is 0.497 e. The lowest BCUT2D eigenvalue weighted by Gasteiger charge is -2.26. The van der Waals surface area contributed by atoms with E-state index in [2.05, 4.69) is 6.92 Å². The fraction of sp³-hybridized carbons (Fsp3) is 0.588. The van der Waals surface area contributed by atoms with Crippen LogP contribution in [-0.2, 0) is 16.0 Å². The maximum atomic E-state index is 12.1. The molecule has 0 N–H and O–H groups in total. The van der Waals surface area contributed by atoms with E-state index in [9.17, 15) is 4.79 Å². The number of carbonyl (C=O) groups is 1. The van der Waals surface area contributed by atoms with Gasteiger partial charge < -0.3 is 14.2 Å². The molecule has 21 heavy (non-hydrogen) atoms. The summed E-state index contributed by atoms with van der Waals surface area (Å²) in [4.78, 5) is 12.1. The van der Waals surface area contributed by atoms with Gasteiger partial charge in [0, 0.05) is 5.56 Å². The van der Waals surface area contributed by atoms with E-state index in [1.165, 1.54) is 6.42 Å². The van der Waals surface area contributed by atoms with E-state index in [4.69, 9.17) is 14.2 Å². The Labute approximate surface area is 126 Å². The minimum absolute atomic E-state index is 0.0675. The van der Waals surface area contributed by atoms with Crippen LogP contribution in [0.3, 0.4) is 0 Å². The lowest BCUT2D eigenvalue weighted by Crippen LogP contribution is -2.25. The molecule has 0 amide bonds. The minimum atomic E-state index is -0.194. The number of esters is 1. The highest BCUT2D eigenvalue weighted by Crippen LogP contribution is 2.28. The molecule has 1 aliphatic carbocycles. The van der Waals surface area contributed by atoms with Gasteiger partial charge in [-0.05, 0) is 43.4 Å². The number of rotatable bonds is 5. The molecule has 0 spiro atoms. The molecule has 1 aromatic carbocycles. The second-order valence-electron chi connectivity index (χ2n) is 5.74. The first-order valence-electron chi connectivity index (χ1n) is 7.52. The van der Waals surface area contributed by atoms with Gasteiger partial charge in [0.2, 0.25) is 0 Å². The average molecular weight is 292 g/mol. The first-order chi connectivity index (χ1) is 10.1. The SMILES string of the molecule is COc1ccc(OC)c(CC(=O)OC2CCCC(C)C2)c1. The lowest BCUT2D eigenvalue weighted by molar-refractivity contribution is -0.150. The Kier molecular flexibility index (Phi) is 5.48. The van der Waals surface area contributed by atoms with Crippen molar-refractivity contribution in [3.63, 3.8) is 0 Å². The molecule has 0 bridgehead atoms. The Morgan fingerprint density at radius 2 is 2.05 bits per heavy atom. The standard InChI is InChI=1S/C17H24O4/c1-12-5-4-6-15(9-12)21-17(18)11-13-10-14(19-2)7-8-16(13)20-3/h7-8,10,12,15H,4-6,9,11H2,1-3H3. The second-order valence-corrected chi connectivity index (χ2v) is 5.74. The van der Waals surface area contributed by atoms with E-state index in [1.807, 2.05) is 18.2 Å². The molecule has 116 valence electrons. The van der Waals surface area contributed by atoms with Crippen LogP contribution in [0.2, 0.25) is 0 Å². The molecular formula is C17H24O4. The minimum Gasteiger partial charge on any atom is -0.497 e. The van der Waals surface area contributed by atoms with Crippen LogP contribution in [0.1, 0.15) is 38.2 Å². The number of hydrogen-bond acceptors (Lipinski definition) is 4. The Morgan fingerprint density at radius 3 is 2.71 bits per heavy atom. The lowest BCUT2D eigenvalue weighted by atomic mass is 9.89. The molecule has 2 rings (SSSR count). The summed E-state index contributed by atoms with van der Waals surface area (Å²) in [5, 5.41) is 0. The third-order valence-electron chi connectivity index (χ3n) is 4.01. The van der Waals surface area contributed by atoms with Crippen molar-refractivity contribution in [2.45, 2.75) is 45.1 Å². The molecule has 1 aromatic rings. The number of methoxy groups -OCH3 is 2. The van der Waals surface area contributed by atoms with E-state index >= 15 is 0 Å². The molecule has 1 saturated carbocycles. The molecule has 1 fully saturated rings. The zero-order valence-electron chi connectivity index (χ0n) is 13.1. The van der Waals surface area contributed by atoms with Crippen LogP contribution < -0.4 is 9.47 Å². The number of hydrogen-bond donors (Lipinski definition) is 0. The Hall–Kier alpha value is -1.71. The van der Waals surface area contributed by atoms with Crippen molar-refractivity contribution in [2.75, 3.05) is 14.2 Å². The number of ether oxygens (including phenoxy) is 3. The van der Waals surface area contributed by atoms with E-state index in [0.29, 0.717) is 17.4 Å². The predicted molar refractivity (Wildman–Crippen MR) is 80.8 cm³/mol. The van der Waals surface area contributed by atoms with Gasteiger partial charge in [-0.3, -0.25) is 4.79 Å². The van der Waals surface area contributed by atoms with Crippen LogP contribution in [0.15, 0.2) is 18.2 Å². The smallest absolute Gasteiger partial charge is 0.310 e. The highest BCUT2D eigenvalue weighted by atomic mass is 16.5. The summed E-state index contributed by atoms with van der Waals surface area (Å²) in [6.45, 7) is 2.21. The molecular weight excluding hydrogens is 268 g/mol. The molecule has 0 aromatic heterocycles. The van der Waals surface area contributed by atoms with Gasteiger partial charge in [-0.15, -0.1) is 0 Å². The monoisotopic (exact) mass is 292 g/mol. The highest BCUT2D eigenvalue weighted by molar-refractivity contribution is 5.74. The topological polar surface area (TPSA) is 44.8 Å². The van der Waals surface area contributed by atoms with Gasteiger partial charge in [0.15, 0.2) is 0 Å². The van der Waals surface area contributed by atoms with Crippen molar-refractivity contribution in [3.05, 3.63) is 23.8 Å². The first-order valence-corrected chi connectivity index (χ1v) is 7.52. The van der Waals surface area contributed by atoms with Gasteiger partial charge >= 0.3 is 5.97 Å². The zero-order valence-corrected chi connectivity index (χ0v) is 13.1. The zero-order chi connectivity index (χ0) is 15.2. The first kappa shape index (κ1) is 15.7. The van der Waals surface area contributed by atoms with Gasteiger partial charge in [0.1, 0.15) is 17.6 Å². The Balaban J connectivity index is 1.98. The summed E-state index contributed by atoms with van der Waals surface area (Å²) in [5.74, 6) is 1.85. The maximum Gasteiger partial charge on any atom is 0.310 e. The van der Waals surface area contributed by atoms with Crippen molar-refractivity contribution in [1.82, 2.24) is 0 Å². The summed E-state index contributed by atoms with van der Waals surface area (Å²) in [5.41, 5.74) is 0.797. The molecule has 0 saturated heterocycles. The fourth-order valence-corrected chi connectivity index (χ4v) is 2.89. The van der Waals surface area contributed by atoms with E-state index < -0.39 is 0 Å². The van der Waals surface area contributed by atoms with Gasteiger partial charge in [-0.2, -0.15) is 0 Å². The molecule has 4 nitrogen and oxygen atoms in total. The normalized spacial score (nSPS) is 21.7. The molecule has 0 aliphatic heterocycles. The van der Waals surface area contributed by atoms with Crippen molar-refractivity contribution in [1.29, 1.82) is 0 Å². The van der Waals surface area contributed by atoms with Crippen molar-refractivity contribution in [2.24, 2.45) is 5.92 Å². The molecule has 2 atom stereocenters. The van der Waals surface area contributed by atoms with Gasteiger partial charge in [-0.25, -0.2) is 0 Å². The van der Waals surface area contributed by atoms with E-state index in [-0.39, 0.29) is 18.5 Å². The third-order valence-corrected chi connectivity index (χ3v) is 4.01. The third kappa shape index (κ3) is 4.38. The number of benzene rings is 1. The van der Waals surface area contributed by atoms with Crippen molar-refractivity contribution >= 4 is 5.97 Å². The summed E-state index contributed by atoms with van der Waals surface area (Å²) in [6, 6.07) is 5.45. The molecule has 4 heteroatoms. The predicted octanol–water partition coefficient (Wildman–Crippen LogP) is 3.37. The maximum absolute atomic E-state index is 12.1. The van der Waals surface area contributed by atoms with E-state index in [1.54, 1.807) is 14.2 Å². The van der Waals surface area contributed by atoms with Crippen LogP contribution in [0, 0.1) is 5.92 Å². The summed E-state index contributed by atoms with van der Waals surface area (Å²) in [7, 11) is 3.20. The Morgan fingerprint density at radius 1 is 1.24 bits per heavy atom. The quantitative estimate of drug-likeness (QED) is 0.781. The van der Waals surface area contributed by atoms with Gasteiger partial charge in [0.05, 0.1) is 20.6 Å². The van der Waals surface area contributed by atoms with Crippen molar-refractivity contribution < 1.29 is 19.0 Å². The fourth-order valence-electron chi connectivity index (χ4n) is 2.89. The second kappa shape index (κ2) is 7.34. The number of carbonyl (C=O) groups excluding carboxylic acids is 1. The van der Waals surface area contributed by atoms with Gasteiger partial charge in [-0.1, -0.05) is 13.3 Å². The summed E-state index contributed by atoms with van der Waals surface area (Å²) < 4.78 is 16.1. The molecule has 2 unspecified atom stereocenters. The molecule has 1 aliphatic rings. The van der Waals surface area contributed by atoms with Crippen LogP contribution in [0.5, 0.6) is 11.5 Å². The summed E-state index contributed by atoms with van der Waals surface area (Å²) in [6.07, 6.45) is 4.61. The van der Waals surface area contributed by atoms with Crippen LogP contribution >= 0.6 is 0 Å². The van der Waals surface area contributed by atoms with Crippen molar-refractivity contribution in [3.8, 4) is 11.5 Å². The molecule has 0 radical (unpaired) electrons. The van der Waals surface area contributed by atoms with Gasteiger partial charge in [0.25, 0.3) is 0 Å². The van der Waals surface area contributed by atoms with Crippen LogP contribution in [-0.4, -0.2) is 26.3 Å².